The second-order valence-corrected chi connectivity index (χ2v) is 17.2. The van der Waals surface area contributed by atoms with Gasteiger partial charge in [-0.1, -0.05) is 200 Å². The van der Waals surface area contributed by atoms with E-state index in [4.69, 9.17) is 15.0 Å². The molecule has 0 bridgehead atoms. The van der Waals surface area contributed by atoms with Crippen molar-refractivity contribution in [1.29, 1.82) is 0 Å². The minimum atomic E-state index is 0.634. The number of fused-ring (bicyclic) bond motifs is 9. The summed E-state index contributed by atoms with van der Waals surface area (Å²) >= 11 is 0. The Balaban J connectivity index is 0.963. The average Bonchev–Trinajstić information content (AvgIpc) is 3.75. The number of rotatable bonds is 7. The molecule has 4 nitrogen and oxygen atoms in total. The van der Waals surface area contributed by atoms with E-state index in [0.717, 1.165) is 38.9 Å². The molecule has 13 aromatic rings. The van der Waals surface area contributed by atoms with Crippen molar-refractivity contribution in [3.05, 3.63) is 243 Å². The average molecular weight is 853 g/mol. The lowest BCUT2D eigenvalue weighted by atomic mass is 9.90. The number of benzene rings is 11. The van der Waals surface area contributed by atoms with Gasteiger partial charge in [0.15, 0.2) is 17.5 Å². The number of hydrogen-bond donors (Lipinski definition) is 0. The van der Waals surface area contributed by atoms with Gasteiger partial charge in [-0.25, -0.2) is 15.0 Å². The smallest absolute Gasteiger partial charge is 0.164 e. The van der Waals surface area contributed by atoms with Gasteiger partial charge in [0, 0.05) is 32.8 Å². The SMILES string of the molecule is c1ccc(-c2ccc3c(c2)c2ccccc2n3-c2cccc3c4ccccc4c4ccc(-c5cccc(-c6cccc(-c7nc(-c8ccccc8)nc(-c8ccccc8)n7)c6)c5)cc4c23)cc1. The highest BCUT2D eigenvalue weighted by atomic mass is 15.0. The molecule has 0 radical (unpaired) electrons. The molecule has 67 heavy (non-hydrogen) atoms. The van der Waals surface area contributed by atoms with Gasteiger partial charge in [-0.2, -0.15) is 0 Å². The lowest BCUT2D eigenvalue weighted by molar-refractivity contribution is 1.07. The second-order valence-electron chi connectivity index (χ2n) is 17.2. The van der Waals surface area contributed by atoms with Gasteiger partial charge < -0.3 is 4.57 Å². The zero-order valence-electron chi connectivity index (χ0n) is 36.4. The van der Waals surface area contributed by atoms with Crippen LogP contribution in [0, 0.1) is 0 Å². The van der Waals surface area contributed by atoms with E-state index < -0.39 is 0 Å². The zero-order valence-corrected chi connectivity index (χ0v) is 36.4. The number of aromatic nitrogens is 4. The molecule has 0 saturated carbocycles. The van der Waals surface area contributed by atoms with Gasteiger partial charge in [0.2, 0.25) is 0 Å². The predicted octanol–water partition coefficient (Wildman–Crippen LogP) is 16.4. The van der Waals surface area contributed by atoms with Crippen molar-refractivity contribution >= 4 is 54.1 Å². The molecule has 4 heteroatoms. The third kappa shape index (κ3) is 6.65. The van der Waals surface area contributed by atoms with Crippen molar-refractivity contribution in [3.8, 4) is 73.2 Å². The molecule has 2 aromatic heterocycles. The fourth-order valence-corrected chi connectivity index (χ4v) is 10.0. The fraction of sp³-hybridized carbons (Fsp3) is 0. The molecule has 0 atom stereocenters. The van der Waals surface area contributed by atoms with E-state index in [9.17, 15) is 0 Å². The van der Waals surface area contributed by atoms with E-state index in [1.165, 1.54) is 70.9 Å². The molecule has 2 heterocycles. The Morgan fingerprint density at radius 3 is 1.28 bits per heavy atom. The highest BCUT2D eigenvalue weighted by molar-refractivity contribution is 6.28. The molecular weight excluding hydrogens is 813 g/mol. The van der Waals surface area contributed by atoms with Gasteiger partial charge in [-0.15, -0.1) is 0 Å². The summed E-state index contributed by atoms with van der Waals surface area (Å²) < 4.78 is 2.48. The lowest BCUT2D eigenvalue weighted by Crippen LogP contribution is -2.00. The van der Waals surface area contributed by atoms with Gasteiger partial charge in [0.25, 0.3) is 0 Å². The minimum absolute atomic E-state index is 0.634. The van der Waals surface area contributed by atoms with Crippen LogP contribution in [0.3, 0.4) is 0 Å². The van der Waals surface area contributed by atoms with E-state index >= 15 is 0 Å². The Hall–Kier alpha value is -8.99. The van der Waals surface area contributed by atoms with Crippen LogP contribution in [0.4, 0.5) is 0 Å². The zero-order chi connectivity index (χ0) is 44.3. The number of para-hydroxylation sites is 1. The normalized spacial score (nSPS) is 11.6. The summed E-state index contributed by atoms with van der Waals surface area (Å²) in [6.45, 7) is 0. The van der Waals surface area contributed by atoms with Crippen LogP contribution in [0.5, 0.6) is 0 Å². The van der Waals surface area contributed by atoms with Crippen LogP contribution in [0.15, 0.2) is 243 Å². The molecule has 0 aliphatic heterocycles. The van der Waals surface area contributed by atoms with Crippen LogP contribution in [-0.2, 0) is 0 Å². The molecule has 0 fully saturated rings. The minimum Gasteiger partial charge on any atom is -0.309 e. The van der Waals surface area contributed by atoms with Crippen molar-refractivity contribution < 1.29 is 0 Å². The Morgan fingerprint density at radius 2 is 0.627 bits per heavy atom. The van der Waals surface area contributed by atoms with E-state index in [0.29, 0.717) is 17.5 Å². The van der Waals surface area contributed by atoms with Crippen LogP contribution in [0.2, 0.25) is 0 Å². The maximum absolute atomic E-state index is 5.03. The first-order valence-electron chi connectivity index (χ1n) is 22.8. The van der Waals surface area contributed by atoms with Gasteiger partial charge in [0.1, 0.15) is 0 Å². The van der Waals surface area contributed by atoms with E-state index in [1.807, 2.05) is 60.7 Å². The molecule has 0 aliphatic carbocycles. The number of hydrogen-bond acceptors (Lipinski definition) is 3. The van der Waals surface area contributed by atoms with Gasteiger partial charge >= 0.3 is 0 Å². The van der Waals surface area contributed by atoms with Crippen molar-refractivity contribution in [2.45, 2.75) is 0 Å². The highest BCUT2D eigenvalue weighted by Crippen LogP contribution is 2.43. The van der Waals surface area contributed by atoms with Crippen molar-refractivity contribution in [2.24, 2.45) is 0 Å². The topological polar surface area (TPSA) is 43.6 Å². The summed E-state index contributed by atoms with van der Waals surface area (Å²) in [4.78, 5) is 15.0. The molecule has 0 unspecified atom stereocenters. The molecule has 312 valence electrons. The van der Waals surface area contributed by atoms with Crippen LogP contribution in [0.25, 0.3) is 127 Å². The van der Waals surface area contributed by atoms with Crippen molar-refractivity contribution in [1.82, 2.24) is 19.5 Å². The summed E-state index contributed by atoms with van der Waals surface area (Å²) in [5.41, 5.74) is 13.3. The molecule has 0 saturated heterocycles. The van der Waals surface area contributed by atoms with Crippen molar-refractivity contribution in [2.75, 3.05) is 0 Å². The third-order valence-electron chi connectivity index (χ3n) is 13.2. The van der Waals surface area contributed by atoms with Crippen molar-refractivity contribution in [3.63, 3.8) is 0 Å². The molecular formula is C63H40N4. The number of nitrogens with zero attached hydrogens (tertiary/aromatic N) is 4. The maximum Gasteiger partial charge on any atom is 0.164 e. The van der Waals surface area contributed by atoms with Gasteiger partial charge in [0.05, 0.1) is 16.7 Å². The Morgan fingerprint density at radius 1 is 0.224 bits per heavy atom. The first kappa shape index (κ1) is 38.5. The summed E-state index contributed by atoms with van der Waals surface area (Å²) in [5, 5.41) is 9.90. The highest BCUT2D eigenvalue weighted by Gasteiger charge is 2.19. The standard InChI is InChI=1S/C63H40N4/c1-4-17-41(18-5-1)47-34-36-58-55(39-47)53-29-12-13-31-57(53)67(58)59-32-16-30-54-51-28-11-10-27-50(51)52-35-33-48(40-56(52)60(54)59)45-24-14-23-44(37-45)46-25-15-26-49(38-46)63-65-61(42-19-6-2-7-20-42)64-62(66-63)43-21-8-3-9-22-43/h1-40H. The van der Waals surface area contributed by atoms with Gasteiger partial charge in [-0.3, -0.25) is 0 Å². The van der Waals surface area contributed by atoms with Crippen LogP contribution >= 0.6 is 0 Å². The molecule has 0 amide bonds. The quantitative estimate of drug-likeness (QED) is 0.150. The summed E-state index contributed by atoms with van der Waals surface area (Å²) in [5.74, 6) is 1.92. The summed E-state index contributed by atoms with van der Waals surface area (Å²) in [7, 11) is 0. The Kier molecular flexibility index (Phi) is 9.14. The molecule has 0 aliphatic rings. The summed E-state index contributed by atoms with van der Waals surface area (Å²) in [6, 6.07) is 86.8. The van der Waals surface area contributed by atoms with Crippen LogP contribution < -0.4 is 0 Å². The van der Waals surface area contributed by atoms with Crippen LogP contribution in [-0.4, -0.2) is 19.5 Å². The Bertz CT molecular complexity index is 3970. The summed E-state index contributed by atoms with van der Waals surface area (Å²) in [6.07, 6.45) is 0. The van der Waals surface area contributed by atoms with Crippen LogP contribution in [0.1, 0.15) is 0 Å². The van der Waals surface area contributed by atoms with E-state index in [2.05, 4.69) is 187 Å². The first-order valence-corrected chi connectivity index (χ1v) is 22.8. The maximum atomic E-state index is 5.03. The Labute approximate surface area is 387 Å². The lowest BCUT2D eigenvalue weighted by Gasteiger charge is -2.17. The predicted molar refractivity (Wildman–Crippen MR) is 279 cm³/mol. The third-order valence-corrected chi connectivity index (χ3v) is 13.2. The van der Waals surface area contributed by atoms with Gasteiger partial charge in [-0.05, 0) is 103 Å². The van der Waals surface area contributed by atoms with E-state index in [1.54, 1.807) is 0 Å². The largest absolute Gasteiger partial charge is 0.309 e. The molecule has 13 rings (SSSR count). The monoisotopic (exact) mass is 852 g/mol. The molecule has 0 N–H and O–H groups in total. The molecule has 11 aromatic carbocycles. The fourth-order valence-electron chi connectivity index (χ4n) is 10.0. The van der Waals surface area contributed by atoms with E-state index in [-0.39, 0.29) is 0 Å². The first-order chi connectivity index (χ1) is 33.2. The second kappa shape index (κ2) is 15.9. The molecule has 0 spiro atoms.